The third kappa shape index (κ3) is 3.80. The van der Waals surface area contributed by atoms with E-state index in [9.17, 15) is 18.0 Å². The minimum atomic E-state index is -3.76. The standard InChI is InChI=1S/C20H30N2O7S2/c1-2-20(5-3-4-6-20)29-19(24)13-15-16(14-17(28-15)18(13)31(25,26)21-14)27-12(23)11-22-7-9-30-10-8-22/h13-18,21H,2-11H2,1H3. The van der Waals surface area contributed by atoms with Gasteiger partial charge >= 0.3 is 11.9 Å². The summed E-state index contributed by atoms with van der Waals surface area (Å²) in [5, 5.41) is -0.987. The second kappa shape index (κ2) is 8.16. The van der Waals surface area contributed by atoms with Crippen molar-refractivity contribution >= 4 is 33.7 Å². The van der Waals surface area contributed by atoms with Crippen molar-refractivity contribution in [3.63, 3.8) is 0 Å². The number of carbonyl (C=O) groups is 2. The highest BCUT2D eigenvalue weighted by Crippen LogP contribution is 2.49. The first-order valence-electron chi connectivity index (χ1n) is 11.2. The molecule has 9 nitrogen and oxygen atoms in total. The van der Waals surface area contributed by atoms with Gasteiger partial charge in [-0.2, -0.15) is 11.8 Å². The van der Waals surface area contributed by atoms with Crippen LogP contribution in [0.3, 0.4) is 0 Å². The van der Waals surface area contributed by atoms with E-state index < -0.39 is 63.1 Å². The fraction of sp³-hybridized carbons (Fsp3) is 0.900. The van der Waals surface area contributed by atoms with Crippen LogP contribution < -0.4 is 4.72 Å². The lowest BCUT2D eigenvalue weighted by Crippen LogP contribution is -2.53. The Morgan fingerprint density at radius 1 is 1.19 bits per heavy atom. The molecule has 31 heavy (non-hydrogen) atoms. The fourth-order valence-corrected chi connectivity index (χ4v) is 8.86. The van der Waals surface area contributed by atoms with Crippen LogP contribution in [0.1, 0.15) is 39.0 Å². The molecule has 1 N–H and O–H groups in total. The van der Waals surface area contributed by atoms with Gasteiger partial charge in [0.25, 0.3) is 0 Å². The van der Waals surface area contributed by atoms with E-state index in [2.05, 4.69) is 4.72 Å². The molecule has 4 saturated heterocycles. The lowest BCUT2D eigenvalue weighted by Gasteiger charge is -2.33. The van der Waals surface area contributed by atoms with Crippen LogP contribution in [0.25, 0.3) is 0 Å². The molecule has 0 aromatic rings. The first-order valence-corrected chi connectivity index (χ1v) is 13.9. The molecule has 0 spiro atoms. The SMILES string of the molecule is CCC1(OC(=O)C2C3OC4C(NS(=O)(=O)C42)C3OC(=O)CN2CCSCC2)CCCC1. The van der Waals surface area contributed by atoms with Crippen molar-refractivity contribution in [2.75, 3.05) is 31.1 Å². The molecule has 1 aliphatic carbocycles. The Morgan fingerprint density at radius 3 is 2.58 bits per heavy atom. The van der Waals surface area contributed by atoms with Crippen molar-refractivity contribution in [3.8, 4) is 0 Å². The summed E-state index contributed by atoms with van der Waals surface area (Å²) in [5.41, 5.74) is -0.521. The van der Waals surface area contributed by atoms with Gasteiger partial charge in [-0.1, -0.05) is 6.92 Å². The van der Waals surface area contributed by atoms with Crippen LogP contribution in [0.4, 0.5) is 0 Å². The highest BCUT2D eigenvalue weighted by Gasteiger charge is 2.72. The Bertz CT molecular complexity index is 838. The molecule has 0 aromatic carbocycles. The smallest absolute Gasteiger partial charge is 0.320 e. The zero-order valence-electron chi connectivity index (χ0n) is 17.7. The molecule has 6 unspecified atom stereocenters. The molecule has 2 bridgehead atoms. The van der Waals surface area contributed by atoms with E-state index in [0.717, 1.165) is 50.3 Å². The van der Waals surface area contributed by atoms with Gasteiger partial charge in [0.2, 0.25) is 10.0 Å². The maximum absolute atomic E-state index is 13.2. The molecule has 0 radical (unpaired) electrons. The molecule has 4 heterocycles. The van der Waals surface area contributed by atoms with Crippen molar-refractivity contribution in [2.24, 2.45) is 5.92 Å². The van der Waals surface area contributed by atoms with E-state index >= 15 is 0 Å². The molecule has 0 aromatic heterocycles. The van der Waals surface area contributed by atoms with Crippen molar-refractivity contribution in [1.29, 1.82) is 0 Å². The summed E-state index contributed by atoms with van der Waals surface area (Å²) in [5.74, 6) is 0.0165. The van der Waals surface area contributed by atoms with Crippen LogP contribution in [0.2, 0.25) is 0 Å². The summed E-state index contributed by atoms with van der Waals surface area (Å²) in [6.07, 6.45) is 1.97. The van der Waals surface area contributed by atoms with Gasteiger partial charge in [-0.25, -0.2) is 13.1 Å². The zero-order valence-corrected chi connectivity index (χ0v) is 19.3. The zero-order chi connectivity index (χ0) is 21.8. The molecule has 5 aliphatic rings. The van der Waals surface area contributed by atoms with E-state index in [4.69, 9.17) is 14.2 Å². The van der Waals surface area contributed by atoms with E-state index in [1.165, 1.54) is 0 Å². The number of hydrogen-bond donors (Lipinski definition) is 1. The van der Waals surface area contributed by atoms with Crippen molar-refractivity contribution in [1.82, 2.24) is 9.62 Å². The number of thioether (sulfide) groups is 1. The summed E-state index contributed by atoms with van der Waals surface area (Å²) in [4.78, 5) is 27.9. The molecular formula is C20H30N2O7S2. The first-order chi connectivity index (χ1) is 14.8. The van der Waals surface area contributed by atoms with Gasteiger partial charge in [0, 0.05) is 24.6 Å². The van der Waals surface area contributed by atoms with Gasteiger partial charge in [0.15, 0.2) is 0 Å². The van der Waals surface area contributed by atoms with Gasteiger partial charge in [0.1, 0.15) is 29.0 Å². The van der Waals surface area contributed by atoms with E-state index in [1.54, 1.807) is 0 Å². The lowest BCUT2D eigenvalue weighted by molar-refractivity contribution is -0.171. The van der Waals surface area contributed by atoms with Crippen LogP contribution in [0, 0.1) is 5.92 Å². The van der Waals surface area contributed by atoms with E-state index in [0.29, 0.717) is 6.42 Å². The van der Waals surface area contributed by atoms with Gasteiger partial charge in [0.05, 0.1) is 18.7 Å². The number of esters is 2. The average molecular weight is 475 g/mol. The molecule has 0 amide bonds. The number of carbonyl (C=O) groups excluding carboxylic acids is 2. The van der Waals surface area contributed by atoms with Crippen LogP contribution in [0.5, 0.6) is 0 Å². The molecule has 11 heteroatoms. The van der Waals surface area contributed by atoms with E-state index in [-0.39, 0.29) is 6.54 Å². The van der Waals surface area contributed by atoms with Crippen LogP contribution in [-0.4, -0.2) is 91.6 Å². The number of hydrogen-bond acceptors (Lipinski definition) is 9. The van der Waals surface area contributed by atoms with Crippen molar-refractivity contribution in [2.45, 2.75) is 74.2 Å². The minimum absolute atomic E-state index is 0.158. The molecule has 5 rings (SSSR count). The largest absolute Gasteiger partial charge is 0.459 e. The number of rotatable bonds is 6. The molecule has 5 fully saturated rings. The van der Waals surface area contributed by atoms with E-state index in [1.807, 2.05) is 23.6 Å². The number of nitrogens with zero attached hydrogens (tertiary/aromatic N) is 1. The summed E-state index contributed by atoms with van der Waals surface area (Å²) >= 11 is 1.85. The maximum atomic E-state index is 13.2. The second-order valence-corrected chi connectivity index (χ2v) is 12.3. The van der Waals surface area contributed by atoms with Crippen LogP contribution in [0.15, 0.2) is 0 Å². The Morgan fingerprint density at radius 2 is 1.90 bits per heavy atom. The first kappa shape index (κ1) is 21.9. The molecular weight excluding hydrogens is 444 g/mol. The number of ether oxygens (including phenoxy) is 3. The van der Waals surface area contributed by atoms with Crippen molar-refractivity contribution in [3.05, 3.63) is 0 Å². The molecule has 1 saturated carbocycles. The minimum Gasteiger partial charge on any atom is -0.459 e. The van der Waals surface area contributed by atoms with Gasteiger partial charge in [-0.3, -0.25) is 14.5 Å². The predicted octanol–water partition coefficient (Wildman–Crippen LogP) is 0.280. The summed E-state index contributed by atoms with van der Waals surface area (Å²) < 4.78 is 45.7. The van der Waals surface area contributed by atoms with Crippen molar-refractivity contribution < 1.29 is 32.2 Å². The fourth-order valence-electron chi connectivity index (χ4n) is 5.84. The molecule has 174 valence electrons. The number of nitrogens with one attached hydrogen (secondary N) is 1. The van der Waals surface area contributed by atoms with Gasteiger partial charge in [-0.15, -0.1) is 0 Å². The monoisotopic (exact) mass is 474 g/mol. The van der Waals surface area contributed by atoms with Gasteiger partial charge < -0.3 is 14.2 Å². The third-order valence-electron chi connectivity index (χ3n) is 7.51. The quantitative estimate of drug-likeness (QED) is 0.543. The Labute approximate surface area is 187 Å². The highest BCUT2D eigenvalue weighted by atomic mass is 32.2. The Balaban J connectivity index is 1.32. The predicted molar refractivity (Wildman–Crippen MR) is 113 cm³/mol. The molecule has 6 atom stereocenters. The van der Waals surface area contributed by atoms with Gasteiger partial charge in [-0.05, 0) is 32.1 Å². The van der Waals surface area contributed by atoms with Crippen LogP contribution in [-0.2, 0) is 33.8 Å². The number of sulfonamides is 1. The lowest BCUT2D eigenvalue weighted by atomic mass is 9.83. The number of fused-ring (bicyclic) bond motifs is 1. The average Bonchev–Trinajstić information content (AvgIpc) is 3.46. The molecule has 4 aliphatic heterocycles. The van der Waals surface area contributed by atoms with Crippen LogP contribution >= 0.6 is 11.8 Å². The highest BCUT2D eigenvalue weighted by molar-refractivity contribution is 7.99. The summed E-state index contributed by atoms with van der Waals surface area (Å²) in [6, 6.07) is -0.642. The summed E-state index contributed by atoms with van der Waals surface area (Å²) in [7, 11) is -3.76. The topological polar surface area (TPSA) is 111 Å². The Hall–Kier alpha value is -0.880. The Kier molecular flexibility index (Phi) is 5.78. The summed E-state index contributed by atoms with van der Waals surface area (Å²) in [6.45, 7) is 3.78. The maximum Gasteiger partial charge on any atom is 0.320 e. The third-order valence-corrected chi connectivity index (χ3v) is 10.3. The normalized spacial score (nSPS) is 40.2. The second-order valence-electron chi connectivity index (χ2n) is 9.25.